The lowest BCUT2D eigenvalue weighted by Gasteiger charge is -2.13. The molecule has 0 aliphatic heterocycles. The second kappa shape index (κ2) is 7.84. The second-order valence-electron chi connectivity index (χ2n) is 3.79. The van der Waals surface area contributed by atoms with E-state index in [9.17, 15) is 4.79 Å². The Morgan fingerprint density at radius 2 is 2.24 bits per heavy atom. The maximum absolute atomic E-state index is 11.1. The number of nitrogens with two attached hydrogens (primary N) is 1. The lowest BCUT2D eigenvalue weighted by Crippen LogP contribution is -2.12. The Kier molecular flexibility index (Phi) is 6.13. The third-order valence-corrected chi connectivity index (χ3v) is 2.61. The van der Waals surface area contributed by atoms with Gasteiger partial charge in [0.1, 0.15) is 18.2 Å². The lowest BCUT2D eigenvalue weighted by atomic mass is 10.1. The van der Waals surface area contributed by atoms with Crippen LogP contribution in [0.5, 0.6) is 11.5 Å². The van der Waals surface area contributed by atoms with Crippen molar-refractivity contribution in [2.24, 2.45) is 5.73 Å². The van der Waals surface area contributed by atoms with Crippen LogP contribution in [0.4, 0.5) is 0 Å². The van der Waals surface area contributed by atoms with Crippen LogP contribution in [-0.2, 0) is 4.79 Å². The highest BCUT2D eigenvalue weighted by molar-refractivity contribution is 6.32. The summed E-state index contributed by atoms with van der Waals surface area (Å²) in [5, 5.41) is 9.09. The minimum absolute atomic E-state index is 0.0414. The fourth-order valence-electron chi connectivity index (χ4n) is 1.51. The molecule has 6 heteroatoms. The average Bonchev–Trinajstić information content (AvgIpc) is 2.44. The second-order valence-corrected chi connectivity index (χ2v) is 4.20. The summed E-state index contributed by atoms with van der Waals surface area (Å²) in [6.07, 6.45) is 6.46. The molecule has 21 heavy (non-hydrogen) atoms. The molecule has 0 unspecified atom stereocenters. The number of ether oxygens (including phenoxy) is 2. The van der Waals surface area contributed by atoms with Gasteiger partial charge < -0.3 is 15.2 Å². The zero-order valence-corrected chi connectivity index (χ0v) is 12.1. The van der Waals surface area contributed by atoms with Crippen molar-refractivity contribution < 1.29 is 14.3 Å². The van der Waals surface area contributed by atoms with Gasteiger partial charge in [-0.15, -0.1) is 6.42 Å². The molecule has 1 rings (SSSR count). The van der Waals surface area contributed by atoms with Crippen molar-refractivity contribution >= 4 is 23.6 Å². The molecule has 1 aromatic rings. The molecule has 2 N–H and O–H groups in total. The van der Waals surface area contributed by atoms with Crippen molar-refractivity contribution in [2.75, 3.05) is 13.2 Å². The minimum Gasteiger partial charge on any atom is -0.490 e. The first-order valence-corrected chi connectivity index (χ1v) is 6.35. The van der Waals surface area contributed by atoms with Crippen LogP contribution in [0.2, 0.25) is 5.02 Å². The molecule has 0 aromatic heterocycles. The summed E-state index contributed by atoms with van der Waals surface area (Å²) in [6.45, 7) is 2.22. The van der Waals surface area contributed by atoms with Gasteiger partial charge in [-0.2, -0.15) is 5.26 Å². The summed E-state index contributed by atoms with van der Waals surface area (Å²) in [6, 6.07) is 4.82. The molecule has 1 amide bonds. The molecule has 5 nitrogen and oxygen atoms in total. The van der Waals surface area contributed by atoms with Gasteiger partial charge in [0, 0.05) is 0 Å². The molecular formula is C15H13ClN2O3. The number of primary amides is 1. The topological polar surface area (TPSA) is 85.3 Å². The van der Waals surface area contributed by atoms with Crippen LogP contribution in [0.15, 0.2) is 17.7 Å². The largest absolute Gasteiger partial charge is 0.490 e. The van der Waals surface area contributed by atoms with Gasteiger partial charge in [0.2, 0.25) is 0 Å². The van der Waals surface area contributed by atoms with Crippen molar-refractivity contribution in [3.05, 3.63) is 28.3 Å². The van der Waals surface area contributed by atoms with Crippen molar-refractivity contribution in [3.63, 3.8) is 0 Å². The summed E-state index contributed by atoms with van der Waals surface area (Å²) in [7, 11) is 0. The van der Waals surface area contributed by atoms with E-state index in [-0.39, 0.29) is 17.2 Å². The predicted octanol–water partition coefficient (Wildman–Crippen LogP) is 2.14. The van der Waals surface area contributed by atoms with Crippen molar-refractivity contribution in [1.82, 2.24) is 0 Å². The lowest BCUT2D eigenvalue weighted by molar-refractivity contribution is -0.114. The molecule has 0 saturated heterocycles. The van der Waals surface area contributed by atoms with Crippen LogP contribution >= 0.6 is 11.6 Å². The SMILES string of the molecule is C#CCOc1c(Cl)cc(/C=C(\C#N)C(N)=O)cc1OCC. The van der Waals surface area contributed by atoms with Crippen molar-refractivity contribution in [1.29, 1.82) is 5.26 Å². The van der Waals surface area contributed by atoms with E-state index in [0.29, 0.717) is 23.7 Å². The number of amides is 1. The Hall–Kier alpha value is -2.63. The number of nitriles is 1. The van der Waals surface area contributed by atoms with E-state index in [1.54, 1.807) is 19.1 Å². The molecule has 0 saturated carbocycles. The zero-order chi connectivity index (χ0) is 15.8. The highest BCUT2D eigenvalue weighted by atomic mass is 35.5. The molecule has 0 heterocycles. The summed E-state index contributed by atoms with van der Waals surface area (Å²) < 4.78 is 10.8. The molecule has 0 fully saturated rings. The first-order chi connectivity index (χ1) is 10.0. The molecule has 1 aromatic carbocycles. The van der Waals surface area contributed by atoms with Crippen LogP contribution in [0.25, 0.3) is 6.08 Å². The smallest absolute Gasteiger partial charge is 0.259 e. The Morgan fingerprint density at radius 1 is 1.52 bits per heavy atom. The maximum atomic E-state index is 11.1. The standard InChI is InChI=1S/C15H13ClN2O3/c1-3-5-21-14-12(16)7-10(8-13(14)20-4-2)6-11(9-17)15(18)19/h1,6-8H,4-5H2,2H3,(H2,18,19)/b11-6+. The van der Waals surface area contributed by atoms with Crippen LogP contribution < -0.4 is 15.2 Å². The first-order valence-electron chi connectivity index (χ1n) is 5.97. The van der Waals surface area contributed by atoms with Crippen molar-refractivity contribution in [2.45, 2.75) is 6.92 Å². The molecule has 0 atom stereocenters. The quantitative estimate of drug-likeness (QED) is 0.495. The van der Waals surface area contributed by atoms with Crippen LogP contribution in [0.3, 0.4) is 0 Å². The highest BCUT2D eigenvalue weighted by Gasteiger charge is 2.13. The number of carbonyl (C=O) groups is 1. The van der Waals surface area contributed by atoms with E-state index in [2.05, 4.69) is 5.92 Å². The summed E-state index contributed by atoms with van der Waals surface area (Å²) in [4.78, 5) is 11.1. The van der Waals surface area contributed by atoms with E-state index in [0.717, 1.165) is 0 Å². The van der Waals surface area contributed by atoms with Crippen LogP contribution in [0, 0.1) is 23.7 Å². The third-order valence-electron chi connectivity index (χ3n) is 2.33. The van der Waals surface area contributed by atoms with E-state index >= 15 is 0 Å². The molecule has 0 aliphatic carbocycles. The molecule has 0 aliphatic rings. The Labute approximate surface area is 127 Å². The Bertz CT molecular complexity index is 654. The number of terminal acetylenes is 1. The van der Waals surface area contributed by atoms with E-state index < -0.39 is 5.91 Å². The maximum Gasteiger partial charge on any atom is 0.259 e. The van der Waals surface area contributed by atoms with Gasteiger partial charge in [0.05, 0.1) is 11.6 Å². The number of hydrogen-bond acceptors (Lipinski definition) is 4. The third kappa shape index (κ3) is 4.45. The number of nitrogens with zero attached hydrogens (tertiary/aromatic N) is 1. The van der Waals surface area contributed by atoms with Crippen LogP contribution in [0.1, 0.15) is 12.5 Å². The van der Waals surface area contributed by atoms with Gasteiger partial charge in [-0.3, -0.25) is 4.79 Å². The van der Waals surface area contributed by atoms with Gasteiger partial charge in [-0.25, -0.2) is 0 Å². The summed E-state index contributed by atoms with van der Waals surface area (Å²) >= 11 is 6.11. The van der Waals surface area contributed by atoms with Gasteiger partial charge in [0.25, 0.3) is 5.91 Å². The first kappa shape index (κ1) is 16.4. The normalized spacial score (nSPS) is 10.4. The van der Waals surface area contributed by atoms with Gasteiger partial charge in [-0.1, -0.05) is 17.5 Å². The van der Waals surface area contributed by atoms with Crippen molar-refractivity contribution in [3.8, 4) is 29.9 Å². The molecule has 108 valence electrons. The van der Waals surface area contributed by atoms with E-state index in [1.807, 2.05) is 0 Å². The number of halogens is 1. The van der Waals surface area contributed by atoms with Gasteiger partial charge >= 0.3 is 0 Å². The Morgan fingerprint density at radius 3 is 2.76 bits per heavy atom. The Balaban J connectivity index is 3.30. The van der Waals surface area contributed by atoms with Crippen LogP contribution in [-0.4, -0.2) is 19.1 Å². The van der Waals surface area contributed by atoms with E-state index in [1.165, 1.54) is 12.1 Å². The monoisotopic (exact) mass is 304 g/mol. The molecular weight excluding hydrogens is 292 g/mol. The molecule has 0 spiro atoms. The number of benzene rings is 1. The predicted molar refractivity (Wildman–Crippen MR) is 79.7 cm³/mol. The van der Waals surface area contributed by atoms with E-state index in [4.69, 9.17) is 38.5 Å². The number of rotatable bonds is 6. The number of hydrogen-bond donors (Lipinski definition) is 1. The summed E-state index contributed by atoms with van der Waals surface area (Å²) in [5.74, 6) is 2.19. The number of carbonyl (C=O) groups excluding carboxylic acids is 1. The molecule has 0 radical (unpaired) electrons. The summed E-state index contributed by atoms with van der Waals surface area (Å²) in [5.41, 5.74) is 5.39. The fourth-order valence-corrected chi connectivity index (χ4v) is 1.79. The molecule has 0 bridgehead atoms. The zero-order valence-electron chi connectivity index (χ0n) is 11.4. The van der Waals surface area contributed by atoms with Gasteiger partial charge in [-0.05, 0) is 30.7 Å². The highest BCUT2D eigenvalue weighted by Crippen LogP contribution is 2.37. The minimum atomic E-state index is -0.820. The van der Waals surface area contributed by atoms with Gasteiger partial charge in [0.15, 0.2) is 11.5 Å². The fraction of sp³-hybridized carbons (Fsp3) is 0.200. The average molecular weight is 305 g/mol.